The van der Waals surface area contributed by atoms with Crippen molar-refractivity contribution in [3.05, 3.63) is 11.8 Å². The Morgan fingerprint density at radius 3 is 1.95 bits per heavy atom. The largest absolute Gasteiger partial charge is 1.00 e. The molecule has 1 N–H and O–H groups in total. The van der Waals surface area contributed by atoms with Crippen molar-refractivity contribution in [1.82, 2.24) is 0 Å². The number of aliphatic hydroxyl groups is 1. The number of unbranched alkanes of at least 4 members (excludes halogenated alkanes) is 8. The van der Waals surface area contributed by atoms with E-state index in [9.17, 15) is 15.0 Å². The first kappa shape index (κ1) is 21.3. The smallest absolute Gasteiger partial charge is 0.550 e. The molecule has 3 nitrogen and oxygen atoms in total. The molecule has 4 heteroatoms. The third-order valence-corrected chi connectivity index (χ3v) is 3.04. The van der Waals surface area contributed by atoms with Gasteiger partial charge in [-0.1, -0.05) is 58.3 Å². The molecule has 0 amide bonds. The molecule has 0 spiro atoms. The molecule has 0 rings (SSSR count). The molecule has 106 valence electrons. The quantitative estimate of drug-likeness (QED) is 0.321. The molecule has 0 bridgehead atoms. The molecule has 0 fully saturated rings. The molecular formula is C15H27NaO3. The summed E-state index contributed by atoms with van der Waals surface area (Å²) in [7, 11) is 0. The van der Waals surface area contributed by atoms with E-state index >= 15 is 0 Å². The second-order valence-corrected chi connectivity index (χ2v) is 4.85. The van der Waals surface area contributed by atoms with Crippen LogP contribution in [0.4, 0.5) is 0 Å². The molecule has 19 heavy (non-hydrogen) atoms. The molecule has 0 saturated heterocycles. The summed E-state index contributed by atoms with van der Waals surface area (Å²) in [6.45, 7) is 2.22. The van der Waals surface area contributed by atoms with Crippen LogP contribution >= 0.6 is 0 Å². The second kappa shape index (κ2) is 16.1. The van der Waals surface area contributed by atoms with E-state index in [1.165, 1.54) is 51.0 Å². The van der Waals surface area contributed by atoms with Gasteiger partial charge in [-0.3, -0.25) is 0 Å². The number of carbonyl (C=O) groups is 1. The van der Waals surface area contributed by atoms with Crippen molar-refractivity contribution in [3.63, 3.8) is 0 Å². The van der Waals surface area contributed by atoms with Gasteiger partial charge in [-0.15, -0.1) is 0 Å². The maximum absolute atomic E-state index is 10.2. The van der Waals surface area contributed by atoms with Gasteiger partial charge in [0.05, 0.1) is 5.76 Å². The van der Waals surface area contributed by atoms with Crippen molar-refractivity contribution in [3.8, 4) is 0 Å². The molecule has 0 aromatic carbocycles. The van der Waals surface area contributed by atoms with Gasteiger partial charge in [0, 0.05) is 18.8 Å². The SMILES string of the molecule is CCCCCCCCCCCC(O)=CCC(=O)[O-].[Na+]. The van der Waals surface area contributed by atoms with E-state index in [1.807, 2.05) is 0 Å². The van der Waals surface area contributed by atoms with Gasteiger partial charge in [0.25, 0.3) is 0 Å². The van der Waals surface area contributed by atoms with Gasteiger partial charge >= 0.3 is 29.6 Å². The zero-order chi connectivity index (χ0) is 13.6. The van der Waals surface area contributed by atoms with Crippen LogP contribution in [0, 0.1) is 0 Å². The Morgan fingerprint density at radius 1 is 1.00 bits per heavy atom. The number of allylic oxidation sites excluding steroid dienone is 1. The monoisotopic (exact) mass is 278 g/mol. The van der Waals surface area contributed by atoms with Gasteiger partial charge in [-0.05, 0) is 12.5 Å². The number of hydrogen-bond acceptors (Lipinski definition) is 3. The molecule has 0 aliphatic rings. The number of rotatable bonds is 12. The van der Waals surface area contributed by atoms with Gasteiger partial charge in [-0.25, -0.2) is 0 Å². The maximum Gasteiger partial charge on any atom is 1.00 e. The van der Waals surface area contributed by atoms with E-state index in [2.05, 4.69) is 6.92 Å². The van der Waals surface area contributed by atoms with Crippen molar-refractivity contribution < 1.29 is 44.6 Å². The topological polar surface area (TPSA) is 60.4 Å². The number of aliphatic carboxylic acids is 1. The van der Waals surface area contributed by atoms with Gasteiger partial charge < -0.3 is 15.0 Å². The summed E-state index contributed by atoms with van der Waals surface area (Å²) in [6.07, 6.45) is 12.9. The molecule has 0 heterocycles. The average Bonchev–Trinajstić information content (AvgIpc) is 2.34. The second-order valence-electron chi connectivity index (χ2n) is 4.85. The minimum atomic E-state index is -1.14. The van der Waals surface area contributed by atoms with Crippen LogP contribution in [-0.4, -0.2) is 11.1 Å². The summed E-state index contributed by atoms with van der Waals surface area (Å²) in [6, 6.07) is 0. The van der Waals surface area contributed by atoms with E-state index in [-0.39, 0.29) is 41.7 Å². The summed E-state index contributed by atoms with van der Waals surface area (Å²) >= 11 is 0. The summed E-state index contributed by atoms with van der Waals surface area (Å²) in [5.41, 5.74) is 0. The van der Waals surface area contributed by atoms with Crippen LogP contribution < -0.4 is 34.7 Å². The first-order valence-electron chi connectivity index (χ1n) is 7.24. The number of carbonyl (C=O) groups excluding carboxylic acids is 1. The summed E-state index contributed by atoms with van der Waals surface area (Å²) < 4.78 is 0. The number of carboxylic acid groups (broad SMARTS) is 1. The molecule has 0 aliphatic carbocycles. The van der Waals surface area contributed by atoms with Crippen LogP contribution in [0.1, 0.15) is 77.6 Å². The fourth-order valence-corrected chi connectivity index (χ4v) is 1.92. The normalized spacial score (nSPS) is 11.1. The first-order valence-corrected chi connectivity index (χ1v) is 7.24. The Hall–Kier alpha value is 0.0100. The van der Waals surface area contributed by atoms with Crippen LogP contribution in [0.5, 0.6) is 0 Å². The fourth-order valence-electron chi connectivity index (χ4n) is 1.92. The van der Waals surface area contributed by atoms with Gasteiger partial charge in [0.15, 0.2) is 0 Å². The van der Waals surface area contributed by atoms with Crippen molar-refractivity contribution in [2.24, 2.45) is 0 Å². The molecule has 0 saturated carbocycles. The van der Waals surface area contributed by atoms with E-state index in [0.717, 1.165) is 12.8 Å². The zero-order valence-corrected chi connectivity index (χ0v) is 14.6. The molecule has 0 aliphatic heterocycles. The predicted molar refractivity (Wildman–Crippen MR) is 72.2 cm³/mol. The average molecular weight is 278 g/mol. The molecule has 0 atom stereocenters. The van der Waals surface area contributed by atoms with Gasteiger partial charge in [0.2, 0.25) is 0 Å². The number of aliphatic hydroxyl groups excluding tert-OH is 1. The summed E-state index contributed by atoms with van der Waals surface area (Å²) in [5, 5.41) is 19.5. The summed E-state index contributed by atoms with van der Waals surface area (Å²) in [5.74, 6) is -0.962. The molecular weight excluding hydrogens is 251 g/mol. The van der Waals surface area contributed by atoms with Crippen molar-refractivity contribution >= 4 is 5.97 Å². The Bertz CT molecular complexity index is 240. The molecule has 0 unspecified atom stereocenters. The molecule has 0 aromatic heterocycles. The number of carboxylic acids is 1. The zero-order valence-electron chi connectivity index (χ0n) is 12.6. The third kappa shape index (κ3) is 18.0. The third-order valence-electron chi connectivity index (χ3n) is 3.04. The Kier molecular flexibility index (Phi) is 18.0. The van der Waals surface area contributed by atoms with Crippen LogP contribution in [0.25, 0.3) is 0 Å². The predicted octanol–water partition coefficient (Wildman–Crippen LogP) is 0.493. The van der Waals surface area contributed by atoms with Crippen molar-refractivity contribution in [2.45, 2.75) is 77.6 Å². The summed E-state index contributed by atoms with van der Waals surface area (Å²) in [4.78, 5) is 10.2. The minimum Gasteiger partial charge on any atom is -0.550 e. The Labute approximate surface area is 139 Å². The Balaban J connectivity index is 0. The minimum absolute atomic E-state index is 0. The maximum atomic E-state index is 10.2. The van der Waals surface area contributed by atoms with Gasteiger partial charge in [0.1, 0.15) is 0 Å². The van der Waals surface area contributed by atoms with E-state index in [1.54, 1.807) is 0 Å². The van der Waals surface area contributed by atoms with E-state index < -0.39 is 5.97 Å². The van der Waals surface area contributed by atoms with Crippen molar-refractivity contribution in [2.75, 3.05) is 0 Å². The fraction of sp³-hybridized carbons (Fsp3) is 0.800. The standard InChI is InChI=1S/C15H28O3.Na/c1-2-3-4-5-6-7-8-9-10-11-14(16)12-13-15(17)18;/h12,16H,2-11,13H2,1H3,(H,17,18);/q;+1/p-1. The van der Waals surface area contributed by atoms with Crippen molar-refractivity contribution in [1.29, 1.82) is 0 Å². The van der Waals surface area contributed by atoms with Gasteiger partial charge in [-0.2, -0.15) is 0 Å². The Morgan fingerprint density at radius 2 is 1.47 bits per heavy atom. The van der Waals surface area contributed by atoms with Crippen LogP contribution in [0.15, 0.2) is 11.8 Å². The van der Waals surface area contributed by atoms with Crippen LogP contribution in [0.2, 0.25) is 0 Å². The molecule has 0 aromatic rings. The number of hydrogen-bond donors (Lipinski definition) is 1. The first-order chi connectivity index (χ1) is 8.66. The van der Waals surface area contributed by atoms with Crippen LogP contribution in [-0.2, 0) is 4.79 Å². The van der Waals surface area contributed by atoms with E-state index in [0.29, 0.717) is 6.42 Å². The molecule has 0 radical (unpaired) electrons. The van der Waals surface area contributed by atoms with Crippen LogP contribution in [0.3, 0.4) is 0 Å². The van der Waals surface area contributed by atoms with E-state index in [4.69, 9.17) is 0 Å².